The molecule has 26 heavy (non-hydrogen) atoms. The van der Waals surface area contributed by atoms with Gasteiger partial charge < -0.3 is 19.9 Å². The van der Waals surface area contributed by atoms with Gasteiger partial charge in [0, 0.05) is 42.0 Å². The lowest BCUT2D eigenvalue weighted by atomic mass is 10.2. The summed E-state index contributed by atoms with van der Waals surface area (Å²) in [5.41, 5.74) is 1.83. The Bertz CT molecular complexity index is 762. The number of nitrogens with zero attached hydrogens (tertiary/aromatic N) is 2. The van der Waals surface area contributed by atoms with Gasteiger partial charge in [-0.15, -0.1) is 0 Å². The first-order chi connectivity index (χ1) is 12.5. The van der Waals surface area contributed by atoms with E-state index in [9.17, 15) is 9.18 Å². The summed E-state index contributed by atoms with van der Waals surface area (Å²) in [6, 6.07) is 12.2. The number of nitrogens with one attached hydrogen (secondary N) is 1. The van der Waals surface area contributed by atoms with E-state index >= 15 is 0 Å². The molecule has 7 heteroatoms. The maximum atomic E-state index is 13.7. The minimum Gasteiger partial charge on any atom is -0.481 e. The van der Waals surface area contributed by atoms with Crippen molar-refractivity contribution in [1.29, 1.82) is 0 Å². The lowest BCUT2D eigenvalue weighted by Crippen LogP contribution is -2.44. The normalized spacial score (nSPS) is 15.0. The molecule has 1 N–H and O–H groups in total. The Balaban J connectivity index is 1.51. The van der Waals surface area contributed by atoms with E-state index in [1.165, 1.54) is 12.1 Å². The molecule has 0 spiro atoms. The quantitative estimate of drug-likeness (QED) is 0.803. The average Bonchev–Trinajstić information content (AvgIpc) is 2.62. The van der Waals surface area contributed by atoms with E-state index in [1.807, 2.05) is 24.3 Å². The summed E-state index contributed by atoms with van der Waals surface area (Å²) in [6.07, 6.45) is 0. The van der Waals surface area contributed by atoms with Crippen LogP contribution in [0.3, 0.4) is 0 Å². The van der Waals surface area contributed by atoms with Crippen molar-refractivity contribution >= 4 is 33.2 Å². The second kappa shape index (κ2) is 8.51. The molecule has 2 aromatic rings. The molecule has 3 rings (SSSR count). The van der Waals surface area contributed by atoms with E-state index in [2.05, 4.69) is 38.1 Å². The number of carbonyl (C=O) groups excluding carboxylic acids is 1. The third-order valence-electron chi connectivity index (χ3n) is 4.27. The highest BCUT2D eigenvalue weighted by Crippen LogP contribution is 2.22. The molecule has 0 saturated carbocycles. The third kappa shape index (κ3) is 4.95. The molecule has 1 fully saturated rings. The van der Waals surface area contributed by atoms with Gasteiger partial charge in [-0.1, -0.05) is 15.9 Å². The summed E-state index contributed by atoms with van der Waals surface area (Å²) in [5.74, 6) is -0.794. The van der Waals surface area contributed by atoms with Gasteiger partial charge in [0.1, 0.15) is 0 Å². The number of hydrogen-bond donors (Lipinski definition) is 1. The second-order valence-electron chi connectivity index (χ2n) is 6.25. The van der Waals surface area contributed by atoms with Crippen LogP contribution < -0.4 is 15.0 Å². The van der Waals surface area contributed by atoms with Gasteiger partial charge in [0.2, 0.25) is 0 Å². The summed E-state index contributed by atoms with van der Waals surface area (Å²) in [5, 5.41) is 2.76. The fourth-order valence-corrected chi connectivity index (χ4v) is 3.09. The fourth-order valence-electron chi connectivity index (χ4n) is 2.75. The molecule has 0 unspecified atom stereocenters. The van der Waals surface area contributed by atoms with Gasteiger partial charge >= 0.3 is 0 Å². The van der Waals surface area contributed by atoms with Gasteiger partial charge in [0.15, 0.2) is 18.2 Å². The highest BCUT2D eigenvalue weighted by molar-refractivity contribution is 9.10. The summed E-state index contributed by atoms with van der Waals surface area (Å²) < 4.78 is 19.5. The third-order valence-corrected chi connectivity index (χ3v) is 4.77. The Morgan fingerprint density at radius 3 is 2.50 bits per heavy atom. The number of anilines is 2. The van der Waals surface area contributed by atoms with Crippen LogP contribution in [0.4, 0.5) is 15.8 Å². The maximum absolute atomic E-state index is 13.7. The SMILES string of the molecule is CN1CCN(c2ccc(NC(=O)COc3ccc(Br)cc3F)cc2)CC1. The van der Waals surface area contributed by atoms with E-state index < -0.39 is 5.82 Å². The lowest BCUT2D eigenvalue weighted by Gasteiger charge is -2.34. The number of halogens is 2. The number of benzene rings is 2. The Morgan fingerprint density at radius 1 is 1.15 bits per heavy atom. The van der Waals surface area contributed by atoms with Crippen molar-refractivity contribution < 1.29 is 13.9 Å². The maximum Gasteiger partial charge on any atom is 0.262 e. The van der Waals surface area contributed by atoms with E-state index in [1.54, 1.807) is 6.07 Å². The molecule has 5 nitrogen and oxygen atoms in total. The van der Waals surface area contributed by atoms with Crippen LogP contribution in [-0.2, 0) is 4.79 Å². The molecule has 1 amide bonds. The fraction of sp³-hybridized carbons (Fsp3) is 0.316. The van der Waals surface area contributed by atoms with E-state index in [4.69, 9.17) is 4.74 Å². The zero-order valence-electron chi connectivity index (χ0n) is 14.5. The molecule has 0 bridgehead atoms. The van der Waals surface area contributed by atoms with E-state index in [0.717, 1.165) is 31.9 Å². The Kier molecular flexibility index (Phi) is 6.11. The van der Waals surface area contributed by atoms with Crippen molar-refractivity contribution in [2.75, 3.05) is 50.1 Å². The van der Waals surface area contributed by atoms with Gasteiger partial charge in [0.05, 0.1) is 0 Å². The summed E-state index contributed by atoms with van der Waals surface area (Å²) in [4.78, 5) is 16.6. The highest BCUT2D eigenvalue weighted by Gasteiger charge is 2.14. The summed E-state index contributed by atoms with van der Waals surface area (Å²) >= 11 is 3.18. The Morgan fingerprint density at radius 2 is 1.85 bits per heavy atom. The van der Waals surface area contributed by atoms with Gasteiger partial charge in [-0.2, -0.15) is 0 Å². The summed E-state index contributed by atoms with van der Waals surface area (Å²) in [7, 11) is 2.12. The molecular formula is C19H21BrFN3O2. The number of piperazine rings is 1. The van der Waals surface area contributed by atoms with Crippen LogP contribution in [0.2, 0.25) is 0 Å². The number of ether oxygens (including phenoxy) is 1. The minimum atomic E-state index is -0.510. The monoisotopic (exact) mass is 421 g/mol. The molecule has 0 aliphatic carbocycles. The molecule has 1 aliphatic rings. The first-order valence-electron chi connectivity index (χ1n) is 8.42. The standard InChI is InChI=1S/C19H21BrFN3O2/c1-23-8-10-24(11-9-23)16-5-3-15(4-6-16)22-19(25)13-26-18-7-2-14(20)12-17(18)21/h2-7,12H,8-11,13H2,1H3,(H,22,25). The summed E-state index contributed by atoms with van der Waals surface area (Å²) in [6.45, 7) is 3.83. The van der Waals surface area contributed by atoms with Gasteiger partial charge in [0.25, 0.3) is 5.91 Å². The molecule has 138 valence electrons. The highest BCUT2D eigenvalue weighted by atomic mass is 79.9. The van der Waals surface area contributed by atoms with E-state index in [0.29, 0.717) is 10.2 Å². The number of carbonyl (C=O) groups is 1. The van der Waals surface area contributed by atoms with Crippen molar-refractivity contribution in [3.05, 3.63) is 52.8 Å². The van der Waals surface area contributed by atoms with Crippen LogP contribution in [0, 0.1) is 5.82 Å². The van der Waals surface area contributed by atoms with Crippen LogP contribution in [0.25, 0.3) is 0 Å². The minimum absolute atomic E-state index is 0.0498. The number of hydrogen-bond acceptors (Lipinski definition) is 4. The Labute approximate surface area is 160 Å². The zero-order valence-corrected chi connectivity index (χ0v) is 16.1. The first-order valence-corrected chi connectivity index (χ1v) is 9.22. The van der Waals surface area contributed by atoms with Crippen molar-refractivity contribution in [3.63, 3.8) is 0 Å². The topological polar surface area (TPSA) is 44.8 Å². The molecule has 0 atom stereocenters. The van der Waals surface area contributed by atoms with Crippen LogP contribution in [0.15, 0.2) is 46.9 Å². The van der Waals surface area contributed by atoms with Gasteiger partial charge in [-0.25, -0.2) is 4.39 Å². The van der Waals surface area contributed by atoms with Crippen molar-refractivity contribution in [3.8, 4) is 5.75 Å². The predicted octanol–water partition coefficient (Wildman–Crippen LogP) is 3.36. The van der Waals surface area contributed by atoms with Gasteiger partial charge in [-0.05, 0) is 49.5 Å². The largest absolute Gasteiger partial charge is 0.481 e. The van der Waals surface area contributed by atoms with Crippen LogP contribution in [0.1, 0.15) is 0 Å². The molecule has 0 aromatic heterocycles. The van der Waals surface area contributed by atoms with Crippen molar-refractivity contribution in [2.45, 2.75) is 0 Å². The van der Waals surface area contributed by atoms with Crippen LogP contribution in [-0.4, -0.2) is 50.6 Å². The average molecular weight is 422 g/mol. The molecule has 1 heterocycles. The number of amides is 1. The second-order valence-corrected chi connectivity index (χ2v) is 7.16. The van der Waals surface area contributed by atoms with Gasteiger partial charge in [-0.3, -0.25) is 4.79 Å². The van der Waals surface area contributed by atoms with Crippen molar-refractivity contribution in [2.24, 2.45) is 0 Å². The zero-order chi connectivity index (χ0) is 18.5. The molecular weight excluding hydrogens is 401 g/mol. The first kappa shape index (κ1) is 18.7. The smallest absolute Gasteiger partial charge is 0.262 e. The van der Waals surface area contributed by atoms with E-state index in [-0.39, 0.29) is 18.3 Å². The Hall–Kier alpha value is -2.12. The van der Waals surface area contributed by atoms with Crippen molar-refractivity contribution in [1.82, 2.24) is 4.90 Å². The number of rotatable bonds is 5. The molecule has 2 aromatic carbocycles. The number of likely N-dealkylation sites (N-methyl/N-ethyl adjacent to an activating group) is 1. The molecule has 1 saturated heterocycles. The molecule has 0 radical (unpaired) electrons. The van der Waals surface area contributed by atoms with Crippen LogP contribution >= 0.6 is 15.9 Å². The lowest BCUT2D eigenvalue weighted by molar-refractivity contribution is -0.118. The van der Waals surface area contributed by atoms with Crippen LogP contribution in [0.5, 0.6) is 5.75 Å². The predicted molar refractivity (Wildman–Crippen MR) is 104 cm³/mol. The molecule has 1 aliphatic heterocycles.